The van der Waals surface area contributed by atoms with Crippen LogP contribution in [0.3, 0.4) is 0 Å². The van der Waals surface area contributed by atoms with Gasteiger partial charge in [-0.3, -0.25) is 4.79 Å². The van der Waals surface area contributed by atoms with Crippen molar-refractivity contribution in [3.63, 3.8) is 0 Å². The number of anilines is 1. The monoisotopic (exact) mass is 340 g/mol. The van der Waals surface area contributed by atoms with Crippen molar-refractivity contribution >= 4 is 11.9 Å². The first-order chi connectivity index (χ1) is 12.2. The first-order valence-electron chi connectivity index (χ1n) is 9.06. The zero-order chi connectivity index (χ0) is 17.2. The number of nitrogens with zero attached hydrogens (tertiary/aromatic N) is 6. The van der Waals surface area contributed by atoms with Crippen LogP contribution in [0.2, 0.25) is 0 Å². The average Bonchev–Trinajstić information content (AvgIpc) is 3.11. The summed E-state index contributed by atoms with van der Waals surface area (Å²) in [7, 11) is 2.04. The predicted octanol–water partition coefficient (Wildman–Crippen LogP) is 1.80. The van der Waals surface area contributed by atoms with Gasteiger partial charge in [-0.2, -0.15) is 0 Å². The number of hydrogen-bond acceptors (Lipinski definition) is 5. The van der Waals surface area contributed by atoms with Gasteiger partial charge in [0.1, 0.15) is 0 Å². The van der Waals surface area contributed by atoms with E-state index in [-0.39, 0.29) is 5.91 Å². The van der Waals surface area contributed by atoms with E-state index in [1.807, 2.05) is 40.9 Å². The lowest BCUT2D eigenvalue weighted by Crippen LogP contribution is -2.27. The van der Waals surface area contributed by atoms with Crippen LogP contribution in [0, 0.1) is 5.92 Å². The molecule has 1 aliphatic carbocycles. The van der Waals surface area contributed by atoms with E-state index in [0.29, 0.717) is 6.54 Å². The third-order valence-corrected chi connectivity index (χ3v) is 5.01. The second kappa shape index (κ2) is 6.82. The van der Waals surface area contributed by atoms with E-state index in [1.54, 1.807) is 0 Å². The van der Waals surface area contributed by atoms with Gasteiger partial charge in [0.05, 0.1) is 6.54 Å². The van der Waals surface area contributed by atoms with Gasteiger partial charge in [-0.05, 0) is 59.7 Å². The molecule has 0 N–H and O–H groups in total. The molecule has 1 saturated carbocycles. The molecule has 2 aliphatic rings. The Morgan fingerprint density at radius 2 is 1.92 bits per heavy atom. The normalized spacial score (nSPS) is 17.1. The van der Waals surface area contributed by atoms with Crippen LogP contribution in [0.5, 0.6) is 0 Å². The van der Waals surface area contributed by atoms with Crippen LogP contribution < -0.4 is 4.90 Å². The minimum Gasteiger partial charge on any atom is -0.342 e. The number of aromatic nitrogens is 4. The van der Waals surface area contributed by atoms with Gasteiger partial charge < -0.3 is 9.80 Å². The molecule has 7 nitrogen and oxygen atoms in total. The van der Waals surface area contributed by atoms with Gasteiger partial charge in [0.15, 0.2) is 0 Å². The number of hydrogen-bond donors (Lipinski definition) is 0. The predicted molar refractivity (Wildman–Crippen MR) is 94.5 cm³/mol. The number of tetrazole rings is 1. The van der Waals surface area contributed by atoms with Gasteiger partial charge >= 0.3 is 0 Å². The summed E-state index contributed by atoms with van der Waals surface area (Å²) < 4.78 is 1.82. The van der Waals surface area contributed by atoms with Gasteiger partial charge in [-0.25, -0.2) is 4.68 Å². The number of carbonyl (C=O) groups is 1. The summed E-state index contributed by atoms with van der Waals surface area (Å²) in [6.45, 7) is 3.36. The van der Waals surface area contributed by atoms with Crippen LogP contribution in [0.1, 0.15) is 41.6 Å². The fraction of sp³-hybridized carbons (Fsp3) is 0.556. The molecule has 1 saturated heterocycles. The number of carbonyl (C=O) groups excluding carboxylic acids is 1. The Hall–Kier alpha value is -2.44. The Kier molecular flexibility index (Phi) is 4.38. The Bertz CT molecular complexity index is 730. The highest BCUT2D eigenvalue weighted by atomic mass is 16.2. The van der Waals surface area contributed by atoms with Crippen LogP contribution in [-0.4, -0.2) is 57.7 Å². The topological polar surface area (TPSA) is 67.2 Å². The highest BCUT2D eigenvalue weighted by Gasteiger charge is 2.25. The SMILES string of the molecule is CN(CC1CC1)c1nnnn1Cc1ccc(C(=O)N2CCCC2)cc1. The van der Waals surface area contributed by atoms with Gasteiger partial charge in [0, 0.05) is 32.2 Å². The van der Waals surface area contributed by atoms with Gasteiger partial charge in [0.2, 0.25) is 5.95 Å². The number of amides is 1. The summed E-state index contributed by atoms with van der Waals surface area (Å²) in [5.41, 5.74) is 1.85. The van der Waals surface area contributed by atoms with Crippen LogP contribution in [0.15, 0.2) is 24.3 Å². The lowest BCUT2D eigenvalue weighted by atomic mass is 10.1. The molecule has 0 radical (unpaired) electrons. The molecule has 1 amide bonds. The van der Waals surface area contributed by atoms with Crippen LogP contribution >= 0.6 is 0 Å². The fourth-order valence-electron chi connectivity index (χ4n) is 3.37. The summed E-state index contributed by atoms with van der Waals surface area (Å²) >= 11 is 0. The van der Waals surface area contributed by atoms with Crippen LogP contribution in [0.25, 0.3) is 0 Å². The zero-order valence-electron chi connectivity index (χ0n) is 14.6. The molecule has 0 spiro atoms. The third-order valence-electron chi connectivity index (χ3n) is 5.01. The smallest absolute Gasteiger partial charge is 0.253 e. The molecule has 4 rings (SSSR count). The molecule has 1 aliphatic heterocycles. The summed E-state index contributed by atoms with van der Waals surface area (Å²) in [4.78, 5) is 16.5. The number of likely N-dealkylation sites (tertiary alicyclic amines) is 1. The molecule has 0 bridgehead atoms. The van der Waals surface area contributed by atoms with Gasteiger partial charge in [-0.15, -0.1) is 0 Å². The maximum atomic E-state index is 12.4. The van der Waals surface area contributed by atoms with E-state index in [9.17, 15) is 4.79 Å². The van der Waals surface area contributed by atoms with Crippen molar-refractivity contribution in [1.29, 1.82) is 0 Å². The molecular formula is C18H24N6O. The number of benzene rings is 1. The van der Waals surface area contributed by atoms with Gasteiger partial charge in [0.25, 0.3) is 5.91 Å². The molecule has 2 fully saturated rings. The van der Waals surface area contributed by atoms with Crippen molar-refractivity contribution in [3.8, 4) is 0 Å². The lowest BCUT2D eigenvalue weighted by Gasteiger charge is -2.17. The molecule has 1 aromatic carbocycles. The molecule has 25 heavy (non-hydrogen) atoms. The largest absolute Gasteiger partial charge is 0.342 e. The summed E-state index contributed by atoms with van der Waals surface area (Å²) in [6, 6.07) is 7.81. The van der Waals surface area contributed by atoms with E-state index >= 15 is 0 Å². The summed E-state index contributed by atoms with van der Waals surface area (Å²) in [5, 5.41) is 12.1. The molecule has 1 aromatic heterocycles. The van der Waals surface area contributed by atoms with Crippen molar-refractivity contribution in [2.45, 2.75) is 32.2 Å². The minimum absolute atomic E-state index is 0.135. The molecule has 132 valence electrons. The van der Waals surface area contributed by atoms with E-state index in [2.05, 4.69) is 20.4 Å². The van der Waals surface area contributed by atoms with E-state index in [0.717, 1.165) is 55.5 Å². The highest BCUT2D eigenvalue weighted by molar-refractivity contribution is 5.94. The summed E-state index contributed by atoms with van der Waals surface area (Å²) in [5.74, 6) is 1.71. The zero-order valence-corrected chi connectivity index (χ0v) is 14.6. The Morgan fingerprint density at radius 3 is 2.60 bits per heavy atom. The Labute approximate surface area is 147 Å². The van der Waals surface area contributed by atoms with Crippen molar-refractivity contribution < 1.29 is 4.79 Å². The Balaban J connectivity index is 1.43. The third kappa shape index (κ3) is 3.65. The molecule has 2 aromatic rings. The van der Waals surface area contributed by atoms with Crippen molar-refractivity contribution in [3.05, 3.63) is 35.4 Å². The van der Waals surface area contributed by atoms with Crippen molar-refractivity contribution in [2.24, 2.45) is 5.92 Å². The lowest BCUT2D eigenvalue weighted by molar-refractivity contribution is 0.0793. The summed E-state index contributed by atoms with van der Waals surface area (Å²) in [6.07, 6.45) is 4.83. The van der Waals surface area contributed by atoms with Crippen molar-refractivity contribution in [2.75, 3.05) is 31.6 Å². The number of rotatable bonds is 6. The molecule has 0 unspecified atom stereocenters. The van der Waals surface area contributed by atoms with E-state index in [1.165, 1.54) is 12.8 Å². The van der Waals surface area contributed by atoms with E-state index < -0.39 is 0 Å². The maximum absolute atomic E-state index is 12.4. The van der Waals surface area contributed by atoms with Crippen LogP contribution in [-0.2, 0) is 6.54 Å². The first-order valence-corrected chi connectivity index (χ1v) is 9.06. The second-order valence-corrected chi connectivity index (χ2v) is 7.16. The van der Waals surface area contributed by atoms with Crippen LogP contribution in [0.4, 0.5) is 5.95 Å². The van der Waals surface area contributed by atoms with E-state index in [4.69, 9.17) is 0 Å². The first kappa shape index (κ1) is 16.1. The molecule has 0 atom stereocenters. The van der Waals surface area contributed by atoms with Crippen molar-refractivity contribution in [1.82, 2.24) is 25.1 Å². The highest BCUT2D eigenvalue weighted by Crippen LogP contribution is 2.30. The van der Waals surface area contributed by atoms with Gasteiger partial charge in [-0.1, -0.05) is 17.2 Å². The standard InChI is InChI=1S/C18H24N6O/c1-22(12-14-4-5-14)18-19-20-21-24(18)13-15-6-8-16(9-7-15)17(25)23-10-2-3-11-23/h6-9,14H,2-5,10-13H2,1H3. The average molecular weight is 340 g/mol. The molecule has 7 heteroatoms. The quantitative estimate of drug-likeness (QED) is 0.802. The second-order valence-electron chi connectivity index (χ2n) is 7.16. The molecular weight excluding hydrogens is 316 g/mol. The maximum Gasteiger partial charge on any atom is 0.253 e. The minimum atomic E-state index is 0.135. The molecule has 2 heterocycles. The Morgan fingerprint density at radius 1 is 1.20 bits per heavy atom. The fourth-order valence-corrected chi connectivity index (χ4v) is 3.37.